The van der Waals surface area contributed by atoms with E-state index in [-0.39, 0.29) is 6.10 Å². The Balaban J connectivity index is 2.91. The summed E-state index contributed by atoms with van der Waals surface area (Å²) < 4.78 is 0. The number of rotatable bonds is 4. The van der Waals surface area contributed by atoms with Crippen molar-refractivity contribution in [3.8, 4) is 0 Å². The van der Waals surface area contributed by atoms with Gasteiger partial charge in [0.2, 0.25) is 0 Å². The molecular weight excluding hydrogens is 132 g/mol. The number of aliphatic hydroxyl groups is 1. The summed E-state index contributed by atoms with van der Waals surface area (Å²) in [5.41, 5.74) is 0. The van der Waals surface area contributed by atoms with Gasteiger partial charge in [-0.3, -0.25) is 0 Å². The Morgan fingerprint density at radius 2 is 1.89 bits per heavy atom. The third kappa shape index (κ3) is 8.31. The minimum atomic E-state index is -0.142. The molecule has 1 N–H and O–H groups in total. The van der Waals surface area contributed by atoms with Crippen LogP contribution in [-0.2, 0) is 0 Å². The first-order chi connectivity index (χ1) is 4.13. The Morgan fingerprint density at radius 3 is 2.22 bits per heavy atom. The van der Waals surface area contributed by atoms with Crippen molar-refractivity contribution in [3.05, 3.63) is 0 Å². The summed E-state index contributed by atoms with van der Waals surface area (Å²) in [6.07, 6.45) is 2.96. The van der Waals surface area contributed by atoms with Crippen LogP contribution >= 0.6 is 12.6 Å². The van der Waals surface area contributed by atoms with Crippen LogP contribution in [0, 0.1) is 0 Å². The summed E-state index contributed by atoms with van der Waals surface area (Å²) in [5, 5.41) is 9.32. The molecule has 2 atom stereocenters. The van der Waals surface area contributed by atoms with Crippen molar-refractivity contribution in [1.29, 1.82) is 0 Å². The van der Waals surface area contributed by atoms with Crippen LogP contribution in [0.5, 0.6) is 0 Å². The molecule has 1 nitrogen and oxygen atoms in total. The first-order valence-electron chi connectivity index (χ1n) is 3.49. The van der Waals surface area contributed by atoms with E-state index in [9.17, 15) is 0 Å². The van der Waals surface area contributed by atoms with Gasteiger partial charge in [-0.15, -0.1) is 0 Å². The van der Waals surface area contributed by atoms with Crippen LogP contribution in [0.2, 0.25) is 0 Å². The maximum atomic E-state index is 8.84. The van der Waals surface area contributed by atoms with Crippen molar-refractivity contribution in [2.45, 2.75) is 44.5 Å². The Morgan fingerprint density at radius 1 is 1.33 bits per heavy atom. The van der Waals surface area contributed by atoms with Crippen molar-refractivity contribution < 1.29 is 5.11 Å². The second-order valence-corrected chi connectivity index (χ2v) is 3.51. The monoisotopic (exact) mass is 148 g/mol. The van der Waals surface area contributed by atoms with Crippen LogP contribution in [0.25, 0.3) is 0 Å². The topological polar surface area (TPSA) is 20.2 Å². The van der Waals surface area contributed by atoms with Gasteiger partial charge < -0.3 is 5.11 Å². The molecule has 0 radical (unpaired) electrons. The Kier molecular flexibility index (Phi) is 5.30. The lowest BCUT2D eigenvalue weighted by Gasteiger charge is -2.04. The molecule has 0 fully saturated rings. The molecule has 0 saturated heterocycles. The molecule has 0 aliphatic carbocycles. The quantitative estimate of drug-likeness (QED) is 0.583. The fourth-order valence-corrected chi connectivity index (χ4v) is 0.891. The lowest BCUT2D eigenvalue weighted by atomic mass is 10.1. The van der Waals surface area contributed by atoms with Crippen molar-refractivity contribution in [2.24, 2.45) is 0 Å². The molecule has 2 heteroatoms. The highest BCUT2D eigenvalue weighted by Gasteiger charge is 1.97. The predicted molar refractivity (Wildman–Crippen MR) is 44.0 cm³/mol. The third-order valence-electron chi connectivity index (χ3n) is 1.24. The molecule has 0 aromatic heterocycles. The molecule has 0 aromatic rings. The van der Waals surface area contributed by atoms with E-state index in [1.165, 1.54) is 0 Å². The fraction of sp³-hybridized carbons (Fsp3) is 1.00. The van der Waals surface area contributed by atoms with Gasteiger partial charge in [0.1, 0.15) is 0 Å². The van der Waals surface area contributed by atoms with Gasteiger partial charge in [0.25, 0.3) is 0 Å². The van der Waals surface area contributed by atoms with Gasteiger partial charge in [0.15, 0.2) is 0 Å². The molecule has 9 heavy (non-hydrogen) atoms. The molecule has 0 rings (SSSR count). The summed E-state index contributed by atoms with van der Waals surface area (Å²) in [6.45, 7) is 3.90. The van der Waals surface area contributed by atoms with Gasteiger partial charge >= 0.3 is 0 Å². The lowest BCUT2D eigenvalue weighted by molar-refractivity contribution is 0.181. The standard InChI is InChI=1S/C7H16OS/c1-6(8)4-3-5-7(2)9/h6-9H,3-5H2,1-2H3. The zero-order valence-electron chi connectivity index (χ0n) is 6.17. The Labute approximate surface area is 62.9 Å². The number of thiol groups is 1. The molecular formula is C7H16OS. The highest BCUT2D eigenvalue weighted by molar-refractivity contribution is 7.80. The molecule has 56 valence electrons. The first-order valence-corrected chi connectivity index (χ1v) is 4.00. The minimum absolute atomic E-state index is 0.142. The predicted octanol–water partition coefficient (Wildman–Crippen LogP) is 1.86. The summed E-state index contributed by atoms with van der Waals surface area (Å²) in [4.78, 5) is 0. The van der Waals surface area contributed by atoms with E-state index in [0.717, 1.165) is 19.3 Å². The van der Waals surface area contributed by atoms with Gasteiger partial charge in [-0.05, 0) is 31.4 Å². The fourth-order valence-electron chi connectivity index (χ4n) is 0.709. The van der Waals surface area contributed by atoms with Crippen LogP contribution in [-0.4, -0.2) is 16.5 Å². The summed E-state index contributed by atoms with van der Waals surface area (Å²) in [5.74, 6) is 0. The van der Waals surface area contributed by atoms with E-state index in [4.69, 9.17) is 5.11 Å². The van der Waals surface area contributed by atoms with E-state index < -0.39 is 0 Å². The van der Waals surface area contributed by atoms with Crippen molar-refractivity contribution in [3.63, 3.8) is 0 Å². The maximum absolute atomic E-state index is 8.84. The molecule has 0 bridgehead atoms. The van der Waals surface area contributed by atoms with E-state index in [0.29, 0.717) is 5.25 Å². The average molecular weight is 148 g/mol. The normalized spacial score (nSPS) is 17.3. The molecule has 0 spiro atoms. The molecule has 0 aromatic carbocycles. The summed E-state index contributed by atoms with van der Waals surface area (Å²) in [7, 11) is 0. The number of hydrogen-bond acceptors (Lipinski definition) is 2. The smallest absolute Gasteiger partial charge is 0.0512 e. The second kappa shape index (κ2) is 5.12. The van der Waals surface area contributed by atoms with E-state index >= 15 is 0 Å². The zero-order chi connectivity index (χ0) is 7.28. The van der Waals surface area contributed by atoms with Crippen LogP contribution in [0.15, 0.2) is 0 Å². The maximum Gasteiger partial charge on any atom is 0.0512 e. The van der Waals surface area contributed by atoms with Gasteiger partial charge in [-0.25, -0.2) is 0 Å². The average Bonchev–Trinajstić information content (AvgIpc) is 1.63. The highest BCUT2D eigenvalue weighted by Crippen LogP contribution is 2.07. The summed E-state index contributed by atoms with van der Waals surface area (Å²) in [6, 6.07) is 0. The third-order valence-corrected chi connectivity index (χ3v) is 1.50. The second-order valence-electron chi connectivity index (χ2n) is 2.63. The molecule has 0 saturated carbocycles. The van der Waals surface area contributed by atoms with Crippen LogP contribution in [0.1, 0.15) is 33.1 Å². The van der Waals surface area contributed by atoms with Crippen LogP contribution < -0.4 is 0 Å². The van der Waals surface area contributed by atoms with Gasteiger partial charge in [-0.1, -0.05) is 6.92 Å². The molecule has 0 aliphatic rings. The lowest BCUT2D eigenvalue weighted by Crippen LogP contribution is -2.00. The van der Waals surface area contributed by atoms with Crippen LogP contribution in [0.3, 0.4) is 0 Å². The Bertz CT molecular complexity index is 53.9. The van der Waals surface area contributed by atoms with Crippen molar-refractivity contribution >= 4 is 12.6 Å². The molecule has 0 heterocycles. The Hall–Kier alpha value is 0.310. The minimum Gasteiger partial charge on any atom is -0.393 e. The molecule has 2 unspecified atom stereocenters. The number of aliphatic hydroxyl groups excluding tert-OH is 1. The van der Waals surface area contributed by atoms with Crippen molar-refractivity contribution in [1.82, 2.24) is 0 Å². The van der Waals surface area contributed by atoms with Gasteiger partial charge in [0, 0.05) is 0 Å². The van der Waals surface area contributed by atoms with E-state index in [1.54, 1.807) is 0 Å². The first kappa shape index (κ1) is 9.31. The zero-order valence-corrected chi connectivity index (χ0v) is 7.06. The van der Waals surface area contributed by atoms with Crippen molar-refractivity contribution in [2.75, 3.05) is 0 Å². The van der Waals surface area contributed by atoms with E-state index in [1.807, 2.05) is 6.92 Å². The van der Waals surface area contributed by atoms with Gasteiger partial charge in [-0.2, -0.15) is 12.6 Å². The largest absolute Gasteiger partial charge is 0.393 e. The highest BCUT2D eigenvalue weighted by atomic mass is 32.1. The number of hydrogen-bond donors (Lipinski definition) is 2. The molecule has 0 aliphatic heterocycles. The van der Waals surface area contributed by atoms with Crippen LogP contribution in [0.4, 0.5) is 0 Å². The van der Waals surface area contributed by atoms with Gasteiger partial charge in [0.05, 0.1) is 6.10 Å². The molecule has 0 amide bonds. The SMILES string of the molecule is CC(O)CCCC(C)S. The van der Waals surface area contributed by atoms with E-state index in [2.05, 4.69) is 19.6 Å². The summed E-state index contributed by atoms with van der Waals surface area (Å²) >= 11 is 4.22.